The van der Waals surface area contributed by atoms with E-state index in [-0.39, 0.29) is 11.8 Å². The van der Waals surface area contributed by atoms with Gasteiger partial charge in [0.2, 0.25) is 0 Å². The van der Waals surface area contributed by atoms with Crippen LogP contribution in [0.4, 0.5) is 0 Å². The van der Waals surface area contributed by atoms with Gasteiger partial charge in [0.05, 0.1) is 5.75 Å². The van der Waals surface area contributed by atoms with Crippen LogP contribution in [0, 0.1) is 5.92 Å². The van der Waals surface area contributed by atoms with Crippen molar-refractivity contribution in [2.45, 2.75) is 45.6 Å². The van der Waals surface area contributed by atoms with Crippen molar-refractivity contribution in [1.82, 2.24) is 15.5 Å². The van der Waals surface area contributed by atoms with Crippen LogP contribution in [0.2, 0.25) is 0 Å². The van der Waals surface area contributed by atoms with Crippen LogP contribution < -0.4 is 10.6 Å². The Morgan fingerprint density at radius 1 is 1.35 bits per heavy atom. The van der Waals surface area contributed by atoms with Crippen LogP contribution in [0.3, 0.4) is 0 Å². The number of hydrogen-bond acceptors (Lipinski definition) is 4. The van der Waals surface area contributed by atoms with Gasteiger partial charge in [-0.3, -0.25) is 4.99 Å². The van der Waals surface area contributed by atoms with Gasteiger partial charge < -0.3 is 15.5 Å². The number of aliphatic imine (C=N–C) groups is 1. The summed E-state index contributed by atoms with van der Waals surface area (Å²) in [6, 6.07) is 0.0855. The van der Waals surface area contributed by atoms with Crippen LogP contribution in [0.25, 0.3) is 0 Å². The minimum absolute atomic E-state index is 0.0855. The van der Waals surface area contributed by atoms with E-state index in [2.05, 4.69) is 27.4 Å². The highest BCUT2D eigenvalue weighted by molar-refractivity contribution is 7.90. The number of nitrogens with one attached hydrogen (secondary N) is 2. The second kappa shape index (κ2) is 10.1. The minimum atomic E-state index is -2.91. The first-order valence-corrected chi connectivity index (χ1v) is 10.8. The lowest BCUT2D eigenvalue weighted by Crippen LogP contribution is -2.45. The molecule has 1 rings (SSSR count). The van der Waals surface area contributed by atoms with Crippen molar-refractivity contribution in [3.05, 3.63) is 0 Å². The fourth-order valence-corrected chi connectivity index (χ4v) is 3.64. The Hall–Kier alpha value is -0.820. The first-order valence-electron chi connectivity index (χ1n) is 8.71. The second-order valence-corrected chi connectivity index (χ2v) is 8.96. The zero-order valence-electron chi connectivity index (χ0n) is 15.1. The van der Waals surface area contributed by atoms with E-state index < -0.39 is 9.84 Å². The van der Waals surface area contributed by atoms with Gasteiger partial charge in [-0.25, -0.2) is 8.42 Å². The van der Waals surface area contributed by atoms with Crippen molar-refractivity contribution in [1.29, 1.82) is 0 Å². The molecule has 0 aromatic heterocycles. The van der Waals surface area contributed by atoms with Gasteiger partial charge >= 0.3 is 0 Å². The zero-order valence-corrected chi connectivity index (χ0v) is 16.0. The lowest BCUT2D eigenvalue weighted by molar-refractivity contribution is 0.185. The topological polar surface area (TPSA) is 73.8 Å². The highest BCUT2D eigenvalue weighted by atomic mass is 32.2. The lowest BCUT2D eigenvalue weighted by atomic mass is 9.97. The molecule has 1 aliphatic rings. The molecule has 1 saturated heterocycles. The second-order valence-electron chi connectivity index (χ2n) is 6.70. The molecular weight excluding hydrogens is 312 g/mol. The Bertz CT molecular complexity index is 457. The van der Waals surface area contributed by atoms with Gasteiger partial charge in [0.1, 0.15) is 9.84 Å². The predicted molar refractivity (Wildman–Crippen MR) is 97.7 cm³/mol. The van der Waals surface area contributed by atoms with Crippen molar-refractivity contribution >= 4 is 15.8 Å². The first-order chi connectivity index (χ1) is 10.8. The number of rotatable bonds is 8. The normalized spacial score (nSPS) is 19.6. The molecular formula is C16H34N4O2S. The van der Waals surface area contributed by atoms with Gasteiger partial charge in [-0.15, -0.1) is 0 Å². The number of guanidine groups is 1. The van der Waals surface area contributed by atoms with E-state index in [1.165, 1.54) is 45.2 Å². The zero-order chi connectivity index (χ0) is 17.3. The molecule has 1 fully saturated rings. The van der Waals surface area contributed by atoms with Crippen molar-refractivity contribution in [2.75, 3.05) is 45.2 Å². The Balaban J connectivity index is 2.27. The Morgan fingerprint density at radius 2 is 2.00 bits per heavy atom. The molecule has 6 nitrogen and oxygen atoms in total. The molecule has 0 aliphatic carbocycles. The standard InChI is InChI=1S/C16H34N4O2S/c1-5-9-20-10-6-15(7-11-20)13-18-16(17-3)19-14(2)8-12-23(4,21)22/h14-15H,5-13H2,1-4H3,(H2,17,18,19). The Morgan fingerprint density at radius 3 is 2.52 bits per heavy atom. The molecule has 0 bridgehead atoms. The largest absolute Gasteiger partial charge is 0.356 e. The maximum atomic E-state index is 11.2. The van der Waals surface area contributed by atoms with Gasteiger partial charge in [-0.05, 0) is 58.2 Å². The lowest BCUT2D eigenvalue weighted by Gasteiger charge is -2.32. The summed E-state index contributed by atoms with van der Waals surface area (Å²) >= 11 is 0. The van der Waals surface area contributed by atoms with Gasteiger partial charge in [-0.2, -0.15) is 0 Å². The van der Waals surface area contributed by atoms with E-state index in [0.717, 1.165) is 12.5 Å². The van der Waals surface area contributed by atoms with Crippen molar-refractivity contribution in [3.8, 4) is 0 Å². The van der Waals surface area contributed by atoms with Crippen molar-refractivity contribution in [2.24, 2.45) is 10.9 Å². The van der Waals surface area contributed by atoms with Crippen LogP contribution in [0.1, 0.15) is 39.5 Å². The summed E-state index contributed by atoms with van der Waals surface area (Å²) in [5.41, 5.74) is 0. The molecule has 0 spiro atoms. The van der Waals surface area contributed by atoms with Crippen LogP contribution in [0.15, 0.2) is 4.99 Å². The number of hydrogen-bond donors (Lipinski definition) is 2. The molecule has 1 heterocycles. The van der Waals surface area contributed by atoms with E-state index in [9.17, 15) is 8.42 Å². The molecule has 1 unspecified atom stereocenters. The maximum Gasteiger partial charge on any atom is 0.191 e. The van der Waals surface area contributed by atoms with Crippen LogP contribution >= 0.6 is 0 Å². The Kier molecular flexibility index (Phi) is 8.91. The van der Waals surface area contributed by atoms with E-state index in [1.807, 2.05) is 6.92 Å². The van der Waals surface area contributed by atoms with Crippen molar-refractivity contribution in [3.63, 3.8) is 0 Å². The summed E-state index contributed by atoms with van der Waals surface area (Å²) in [7, 11) is -1.15. The van der Waals surface area contributed by atoms with E-state index in [4.69, 9.17) is 0 Å². The molecule has 0 radical (unpaired) electrons. The fraction of sp³-hybridized carbons (Fsp3) is 0.938. The molecule has 7 heteroatoms. The predicted octanol–water partition coefficient (Wildman–Crippen LogP) is 1.10. The monoisotopic (exact) mass is 346 g/mol. The molecule has 1 aliphatic heterocycles. The quantitative estimate of drug-likeness (QED) is 0.508. The number of nitrogens with zero attached hydrogens (tertiary/aromatic N) is 2. The molecule has 23 heavy (non-hydrogen) atoms. The summed E-state index contributed by atoms with van der Waals surface area (Å²) in [4.78, 5) is 6.77. The van der Waals surface area contributed by atoms with Gasteiger partial charge in [0.15, 0.2) is 5.96 Å². The van der Waals surface area contributed by atoms with Crippen LogP contribution in [-0.2, 0) is 9.84 Å². The summed E-state index contributed by atoms with van der Waals surface area (Å²) in [5.74, 6) is 1.66. The van der Waals surface area contributed by atoms with Crippen LogP contribution in [-0.4, -0.2) is 70.6 Å². The summed E-state index contributed by atoms with van der Waals surface area (Å²) < 4.78 is 22.4. The first kappa shape index (κ1) is 20.2. The molecule has 0 saturated carbocycles. The molecule has 0 amide bonds. The average molecular weight is 347 g/mol. The maximum absolute atomic E-state index is 11.2. The Labute approximate surface area is 142 Å². The number of piperidine rings is 1. The SMILES string of the molecule is CCCN1CCC(CNC(=NC)NC(C)CCS(C)(=O)=O)CC1. The summed E-state index contributed by atoms with van der Waals surface area (Å²) in [6.45, 7) is 8.74. The smallest absolute Gasteiger partial charge is 0.191 e. The fourth-order valence-electron chi connectivity index (χ4n) is 2.86. The van der Waals surface area contributed by atoms with Gasteiger partial charge in [0, 0.05) is 25.9 Å². The summed E-state index contributed by atoms with van der Waals surface area (Å²) in [6.07, 6.45) is 5.55. The van der Waals surface area contributed by atoms with E-state index >= 15 is 0 Å². The third kappa shape index (κ3) is 9.15. The highest BCUT2D eigenvalue weighted by Crippen LogP contribution is 2.16. The number of likely N-dealkylation sites (tertiary alicyclic amines) is 1. The highest BCUT2D eigenvalue weighted by Gasteiger charge is 2.19. The molecule has 0 aromatic carbocycles. The average Bonchev–Trinajstić information content (AvgIpc) is 2.50. The third-order valence-electron chi connectivity index (χ3n) is 4.33. The molecule has 2 N–H and O–H groups in total. The van der Waals surface area contributed by atoms with Crippen molar-refractivity contribution < 1.29 is 8.42 Å². The van der Waals surface area contributed by atoms with E-state index in [0.29, 0.717) is 12.3 Å². The molecule has 1 atom stereocenters. The van der Waals surface area contributed by atoms with Gasteiger partial charge in [0.25, 0.3) is 0 Å². The minimum Gasteiger partial charge on any atom is -0.356 e. The van der Waals surface area contributed by atoms with E-state index in [1.54, 1.807) is 7.05 Å². The third-order valence-corrected chi connectivity index (χ3v) is 5.31. The number of sulfone groups is 1. The van der Waals surface area contributed by atoms with Crippen LogP contribution in [0.5, 0.6) is 0 Å². The van der Waals surface area contributed by atoms with Gasteiger partial charge in [-0.1, -0.05) is 6.92 Å². The summed E-state index contributed by atoms with van der Waals surface area (Å²) in [5, 5.41) is 6.66. The molecule has 136 valence electrons. The molecule has 0 aromatic rings.